The number of amides is 1. The average Bonchev–Trinajstić information content (AvgIpc) is 4.00. The van der Waals surface area contributed by atoms with Crippen LogP contribution in [0.4, 0.5) is 0 Å². The van der Waals surface area contributed by atoms with Crippen LogP contribution in [0.5, 0.6) is 0 Å². The second-order valence-corrected chi connectivity index (χ2v) is 23.7. The van der Waals surface area contributed by atoms with Gasteiger partial charge in [-0.2, -0.15) is 0 Å². The van der Waals surface area contributed by atoms with Crippen LogP contribution in [0, 0.1) is 73.9 Å². The van der Waals surface area contributed by atoms with Gasteiger partial charge in [-0.05, 0) is 141 Å². The van der Waals surface area contributed by atoms with Crippen molar-refractivity contribution in [1.29, 1.82) is 0 Å². The van der Waals surface area contributed by atoms with Gasteiger partial charge in [-0.3, -0.25) is 19.4 Å². The summed E-state index contributed by atoms with van der Waals surface area (Å²) < 4.78 is 18.2. The molecule has 7 fully saturated rings. The Morgan fingerprint density at radius 1 is 0.875 bits per heavy atom. The number of aromatic nitrogens is 3. The zero-order valence-electron chi connectivity index (χ0n) is 40.2. The van der Waals surface area contributed by atoms with Gasteiger partial charge >= 0.3 is 11.9 Å². The largest absolute Gasteiger partial charge is 0.481 e. The number of fused-ring (bicyclic) bond motifs is 7. The highest BCUT2D eigenvalue weighted by Crippen LogP contribution is 2.78. The number of methoxy groups -OCH3 is 1. The van der Waals surface area contributed by atoms with E-state index in [0.717, 1.165) is 81.3 Å². The molecule has 350 valence electrons. The maximum Gasteiger partial charge on any atom is 0.309 e. The third-order valence-corrected chi connectivity index (χ3v) is 20.6. The van der Waals surface area contributed by atoms with E-state index in [-0.39, 0.29) is 63.6 Å². The standard InChI is InChI=1S/C53H76N4O7/c1-31(2)34-15-20-53(47(61)57-30-33(63-25-24-62-10)26-39(57)44-55-29-38(56-44)32-12-11-23-54-28-32)22-21-51(8)35(43(34)53)13-14-41-50(7)18-17-42(49(5,6)40(50)16-19-52(41,51)9)64-46(60)37-27-36(45(58)59)48(37,3)4/h11-12,23,28-29,33-37,39-43H,1,13-22,24-27,30H2,2-10H3,(H,55,56)(H,58,59)/t33-,34+,35?,36?,37?,39+,40?,41-,42+,43-,50?,51-,52-,53?/m1/s1. The molecular formula is C53H76N4O7. The molecule has 6 unspecified atom stereocenters. The number of H-pyrrole nitrogens is 1. The highest BCUT2D eigenvalue weighted by molar-refractivity contribution is 5.85. The lowest BCUT2D eigenvalue weighted by Gasteiger charge is -2.73. The minimum atomic E-state index is -0.825. The molecule has 0 radical (unpaired) electrons. The summed E-state index contributed by atoms with van der Waals surface area (Å²) in [5, 5.41) is 9.73. The SMILES string of the molecule is C=C(C)[C@@H]1CCC2(C(=O)N3C[C@H](OCCOC)C[C@H]3c3ncc(-c4cccnc4)[nH]3)CC[C@]3(C)C(CC[C@@H]4C5(C)CC[C@H](OC(=O)C6CC(C(=O)O)C6(C)C)C(C)(C)C5CC[C@]43C)[C@@H]12. The van der Waals surface area contributed by atoms with Gasteiger partial charge in [0.15, 0.2) is 0 Å². The highest BCUT2D eigenvalue weighted by atomic mass is 16.5. The number of carbonyl (C=O) groups is 3. The Hall–Kier alpha value is -3.57. The smallest absolute Gasteiger partial charge is 0.309 e. The Balaban J connectivity index is 0.983. The van der Waals surface area contributed by atoms with Crippen molar-refractivity contribution in [1.82, 2.24) is 19.9 Å². The number of hydrogen-bond donors (Lipinski definition) is 2. The number of ether oxygens (including phenoxy) is 3. The molecule has 14 atom stereocenters. The number of rotatable bonds is 11. The monoisotopic (exact) mass is 881 g/mol. The number of imidazole rings is 1. The maximum absolute atomic E-state index is 15.9. The summed E-state index contributed by atoms with van der Waals surface area (Å²) in [5.74, 6) is 0.995. The summed E-state index contributed by atoms with van der Waals surface area (Å²) in [6.45, 7) is 24.7. The number of carbonyl (C=O) groups excluding carboxylic acids is 2. The summed E-state index contributed by atoms with van der Waals surface area (Å²) in [6.07, 6.45) is 16.4. The van der Waals surface area contributed by atoms with E-state index >= 15 is 4.79 Å². The molecule has 11 heteroatoms. The minimum Gasteiger partial charge on any atom is -0.481 e. The van der Waals surface area contributed by atoms with Crippen molar-refractivity contribution in [2.45, 2.75) is 151 Å². The molecule has 0 aromatic carbocycles. The first kappa shape index (κ1) is 45.6. The number of allylic oxidation sites excluding steroid dienone is 1. The van der Waals surface area contributed by atoms with Crippen LogP contribution >= 0.6 is 0 Å². The molecule has 3 heterocycles. The number of esters is 1. The van der Waals surface area contributed by atoms with Crippen molar-refractivity contribution in [2.75, 3.05) is 26.9 Å². The van der Waals surface area contributed by atoms with Crippen LogP contribution in [0.15, 0.2) is 42.9 Å². The number of aliphatic carboxylic acids is 1. The molecule has 2 N–H and O–H groups in total. The van der Waals surface area contributed by atoms with Gasteiger partial charge < -0.3 is 29.2 Å². The second kappa shape index (κ2) is 16.1. The van der Waals surface area contributed by atoms with E-state index in [4.69, 9.17) is 19.2 Å². The number of pyridine rings is 1. The number of nitrogens with zero attached hydrogens (tertiary/aromatic N) is 3. The second-order valence-electron chi connectivity index (χ2n) is 23.7. The van der Waals surface area contributed by atoms with Crippen LogP contribution in [-0.4, -0.2) is 81.9 Å². The van der Waals surface area contributed by atoms with Crippen molar-refractivity contribution >= 4 is 17.8 Å². The van der Waals surface area contributed by atoms with E-state index in [1.807, 2.05) is 38.4 Å². The molecule has 1 aliphatic heterocycles. The van der Waals surface area contributed by atoms with Gasteiger partial charge in [-0.1, -0.05) is 60.6 Å². The molecule has 2 aromatic heterocycles. The summed E-state index contributed by atoms with van der Waals surface area (Å²) >= 11 is 0. The van der Waals surface area contributed by atoms with E-state index in [2.05, 4.69) is 63.0 Å². The van der Waals surface area contributed by atoms with Gasteiger partial charge in [0.05, 0.1) is 54.5 Å². The molecule has 6 saturated carbocycles. The Morgan fingerprint density at radius 2 is 1.66 bits per heavy atom. The average molecular weight is 881 g/mol. The van der Waals surface area contributed by atoms with Crippen LogP contribution in [-0.2, 0) is 28.6 Å². The fourth-order valence-electron chi connectivity index (χ4n) is 16.8. The quantitative estimate of drug-likeness (QED) is 0.128. The number of hydrogen-bond acceptors (Lipinski definition) is 8. The summed E-state index contributed by atoms with van der Waals surface area (Å²) in [4.78, 5) is 56.5. The molecule has 0 bridgehead atoms. The van der Waals surface area contributed by atoms with Crippen LogP contribution < -0.4 is 0 Å². The summed E-state index contributed by atoms with van der Waals surface area (Å²) in [7, 11) is 1.69. The summed E-state index contributed by atoms with van der Waals surface area (Å²) in [5.41, 5.74) is 2.02. The Morgan fingerprint density at radius 3 is 2.34 bits per heavy atom. The number of aromatic amines is 1. The zero-order chi connectivity index (χ0) is 45.8. The van der Waals surface area contributed by atoms with Gasteiger partial charge in [-0.15, -0.1) is 0 Å². The Labute approximate surface area is 381 Å². The number of carboxylic acids is 1. The van der Waals surface area contributed by atoms with E-state index in [9.17, 15) is 14.7 Å². The molecule has 64 heavy (non-hydrogen) atoms. The molecule has 9 rings (SSSR count). The predicted molar refractivity (Wildman–Crippen MR) is 244 cm³/mol. The maximum atomic E-state index is 15.9. The van der Waals surface area contributed by atoms with Crippen molar-refractivity contribution in [2.24, 2.45) is 73.9 Å². The van der Waals surface area contributed by atoms with Crippen LogP contribution in [0.25, 0.3) is 11.3 Å². The first-order chi connectivity index (χ1) is 30.2. The highest BCUT2D eigenvalue weighted by Gasteiger charge is 2.73. The fourth-order valence-corrected chi connectivity index (χ4v) is 16.8. The van der Waals surface area contributed by atoms with E-state index < -0.39 is 22.7 Å². The van der Waals surface area contributed by atoms with E-state index in [0.29, 0.717) is 56.3 Å². The van der Waals surface area contributed by atoms with E-state index in [1.165, 1.54) is 5.57 Å². The zero-order valence-corrected chi connectivity index (χ0v) is 40.2. The lowest BCUT2D eigenvalue weighted by molar-refractivity contribution is -0.251. The van der Waals surface area contributed by atoms with Crippen LogP contribution in [0.1, 0.15) is 144 Å². The molecule has 11 nitrogen and oxygen atoms in total. The van der Waals surface area contributed by atoms with Gasteiger partial charge in [0.2, 0.25) is 5.91 Å². The minimum absolute atomic E-state index is 0.0518. The molecule has 6 aliphatic carbocycles. The topological polar surface area (TPSA) is 144 Å². The van der Waals surface area contributed by atoms with Gasteiger partial charge in [0, 0.05) is 43.4 Å². The molecular weight excluding hydrogens is 805 g/mol. The van der Waals surface area contributed by atoms with Crippen molar-refractivity contribution in [3.8, 4) is 11.3 Å². The molecule has 0 spiro atoms. The van der Waals surface area contributed by atoms with E-state index in [1.54, 1.807) is 13.3 Å². The summed E-state index contributed by atoms with van der Waals surface area (Å²) in [6, 6.07) is 3.73. The first-order valence-corrected chi connectivity index (χ1v) is 24.7. The van der Waals surface area contributed by atoms with Gasteiger partial charge in [0.1, 0.15) is 11.9 Å². The fraction of sp³-hybridized carbons (Fsp3) is 0.755. The Kier molecular flexibility index (Phi) is 11.4. The predicted octanol–water partition coefficient (Wildman–Crippen LogP) is 10.1. The normalized spacial score (nSPS) is 41.7. The van der Waals surface area contributed by atoms with Crippen LogP contribution in [0.2, 0.25) is 0 Å². The van der Waals surface area contributed by atoms with Crippen molar-refractivity contribution in [3.63, 3.8) is 0 Å². The number of likely N-dealkylation sites (tertiary alicyclic amines) is 1. The molecule has 1 saturated heterocycles. The molecule has 1 amide bonds. The number of nitrogens with one attached hydrogen (secondary N) is 1. The Bertz CT molecular complexity index is 2140. The third kappa shape index (κ3) is 6.71. The van der Waals surface area contributed by atoms with Gasteiger partial charge in [-0.25, -0.2) is 4.98 Å². The molecule has 2 aromatic rings. The number of carboxylic acid groups (broad SMARTS) is 1. The van der Waals surface area contributed by atoms with Crippen molar-refractivity contribution < 1.29 is 33.7 Å². The van der Waals surface area contributed by atoms with Gasteiger partial charge in [0.25, 0.3) is 0 Å². The lowest BCUT2D eigenvalue weighted by atomic mass is 9.32. The lowest BCUT2D eigenvalue weighted by Crippen LogP contribution is -2.67. The van der Waals surface area contributed by atoms with Crippen molar-refractivity contribution in [3.05, 3.63) is 48.7 Å². The first-order valence-electron chi connectivity index (χ1n) is 24.7. The third-order valence-electron chi connectivity index (χ3n) is 20.6. The molecule has 7 aliphatic rings. The van der Waals surface area contributed by atoms with Crippen LogP contribution in [0.3, 0.4) is 0 Å².